The molecule has 44 heavy (non-hydrogen) atoms. The summed E-state index contributed by atoms with van der Waals surface area (Å²) in [5.74, 6) is -0.855. The van der Waals surface area contributed by atoms with Gasteiger partial charge in [0.25, 0.3) is 11.4 Å². The number of amides is 1. The Kier molecular flexibility index (Phi) is 7.95. The van der Waals surface area contributed by atoms with Crippen molar-refractivity contribution in [2.45, 2.75) is 39.2 Å². The Labute approximate surface area is 256 Å². The third-order valence-electron chi connectivity index (χ3n) is 7.67. The molecule has 12 nitrogen and oxygen atoms in total. The van der Waals surface area contributed by atoms with E-state index in [0.717, 1.165) is 11.3 Å². The van der Waals surface area contributed by atoms with E-state index >= 15 is 4.39 Å². The third-order valence-corrected chi connectivity index (χ3v) is 7.96. The molecule has 14 heteroatoms. The Morgan fingerprint density at radius 3 is 2.80 bits per heavy atom. The van der Waals surface area contributed by atoms with Crippen LogP contribution in [0.5, 0.6) is 5.88 Å². The number of nitrogens with one attached hydrogen (secondary N) is 1. The number of carbonyl (C=O) groups excluding carboxylic acids is 1. The maximum absolute atomic E-state index is 15.5. The molecule has 0 saturated heterocycles. The fraction of sp³-hybridized carbons (Fsp3) is 0.300. The first-order chi connectivity index (χ1) is 21.2. The molecule has 1 aliphatic rings. The summed E-state index contributed by atoms with van der Waals surface area (Å²) in [5.41, 5.74) is 2.70. The first-order valence-electron chi connectivity index (χ1n) is 14.2. The molecule has 0 spiro atoms. The van der Waals surface area contributed by atoms with E-state index < -0.39 is 17.4 Å². The van der Waals surface area contributed by atoms with Crippen molar-refractivity contribution in [2.24, 2.45) is 13.0 Å². The lowest BCUT2D eigenvalue weighted by Gasteiger charge is -2.22. The molecule has 0 fully saturated rings. The number of pyridine rings is 1. The van der Waals surface area contributed by atoms with Gasteiger partial charge in [0.15, 0.2) is 5.82 Å². The molecule has 1 amide bonds. The van der Waals surface area contributed by atoms with Gasteiger partial charge in [-0.3, -0.25) is 23.8 Å². The molecule has 2 bridgehead atoms. The molecule has 4 aromatic heterocycles. The van der Waals surface area contributed by atoms with Crippen molar-refractivity contribution in [2.75, 3.05) is 11.9 Å². The Morgan fingerprint density at radius 1 is 1.16 bits per heavy atom. The number of carbonyl (C=O) groups is 1. The first kappa shape index (κ1) is 29.2. The first-order valence-corrected chi connectivity index (χ1v) is 14.5. The van der Waals surface area contributed by atoms with Crippen LogP contribution < -0.4 is 15.6 Å². The minimum absolute atomic E-state index is 0.00270. The van der Waals surface area contributed by atoms with Gasteiger partial charge < -0.3 is 10.1 Å². The zero-order valence-corrected chi connectivity index (χ0v) is 25.0. The van der Waals surface area contributed by atoms with Crippen LogP contribution in [-0.2, 0) is 11.8 Å². The molecule has 2 atom stereocenters. The largest absolute Gasteiger partial charge is 0.476 e. The molecule has 1 aliphatic heterocycles. The molecule has 5 heterocycles. The van der Waals surface area contributed by atoms with E-state index in [4.69, 9.17) is 16.3 Å². The fourth-order valence-electron chi connectivity index (χ4n) is 5.42. The number of aromatic nitrogens is 8. The van der Waals surface area contributed by atoms with Crippen molar-refractivity contribution in [3.63, 3.8) is 0 Å². The second kappa shape index (κ2) is 12.0. The highest BCUT2D eigenvalue weighted by atomic mass is 35.5. The number of benzene rings is 1. The summed E-state index contributed by atoms with van der Waals surface area (Å²) >= 11 is 6.16. The molecule has 5 aromatic rings. The van der Waals surface area contributed by atoms with Crippen molar-refractivity contribution < 1.29 is 13.9 Å². The van der Waals surface area contributed by atoms with Crippen LogP contribution >= 0.6 is 11.6 Å². The molecule has 226 valence electrons. The molecule has 6 rings (SSSR count). The predicted molar refractivity (Wildman–Crippen MR) is 161 cm³/mol. The van der Waals surface area contributed by atoms with Crippen LogP contribution in [0.4, 0.5) is 10.1 Å². The lowest BCUT2D eigenvalue weighted by atomic mass is 9.97. The fourth-order valence-corrected chi connectivity index (χ4v) is 5.58. The number of rotatable bonds is 5. The second-order valence-electron chi connectivity index (χ2n) is 10.5. The normalized spacial score (nSPS) is 16.9. The minimum atomic E-state index is -0.748. The summed E-state index contributed by atoms with van der Waals surface area (Å²) in [6.45, 7) is 4.07. The number of ether oxygens (including phenoxy) is 1. The van der Waals surface area contributed by atoms with E-state index in [0.29, 0.717) is 37.3 Å². The van der Waals surface area contributed by atoms with Gasteiger partial charge in [-0.1, -0.05) is 35.3 Å². The molecular formula is C30H29ClFN9O3. The van der Waals surface area contributed by atoms with Gasteiger partial charge in [0.05, 0.1) is 70.4 Å². The van der Waals surface area contributed by atoms with E-state index in [1.165, 1.54) is 33.9 Å². The molecule has 0 unspecified atom stereocenters. The Hall–Kier alpha value is -4.91. The topological polar surface area (TPSA) is 135 Å². The summed E-state index contributed by atoms with van der Waals surface area (Å²) in [6.07, 6.45) is 7.94. The highest BCUT2D eigenvalue weighted by Gasteiger charge is 2.25. The number of fused-ring (bicyclic) bond motifs is 4. The number of anilines is 1. The van der Waals surface area contributed by atoms with Crippen molar-refractivity contribution >= 4 is 23.2 Å². The third kappa shape index (κ3) is 5.46. The Morgan fingerprint density at radius 2 is 2.00 bits per heavy atom. The van der Waals surface area contributed by atoms with E-state index in [9.17, 15) is 9.59 Å². The number of nitrogens with zero attached hydrogens (tertiary/aromatic N) is 8. The lowest BCUT2D eigenvalue weighted by molar-refractivity contribution is -0.119. The van der Waals surface area contributed by atoms with Crippen LogP contribution in [0.1, 0.15) is 44.8 Å². The highest BCUT2D eigenvalue weighted by Crippen LogP contribution is 2.34. The smallest absolute Gasteiger partial charge is 0.254 e. The zero-order chi connectivity index (χ0) is 31.0. The molecular weight excluding hydrogens is 589 g/mol. The number of hydrogen-bond acceptors (Lipinski definition) is 8. The molecule has 0 aliphatic carbocycles. The summed E-state index contributed by atoms with van der Waals surface area (Å²) in [4.78, 5) is 35.8. The molecule has 1 aromatic carbocycles. The maximum Gasteiger partial charge on any atom is 0.254 e. The van der Waals surface area contributed by atoms with Crippen molar-refractivity contribution in [1.29, 1.82) is 0 Å². The van der Waals surface area contributed by atoms with Crippen molar-refractivity contribution in [1.82, 2.24) is 39.3 Å². The van der Waals surface area contributed by atoms with Gasteiger partial charge in [-0.25, -0.2) is 14.1 Å². The van der Waals surface area contributed by atoms with E-state index in [2.05, 4.69) is 30.7 Å². The van der Waals surface area contributed by atoms with Gasteiger partial charge in [-0.05, 0) is 44.0 Å². The van der Waals surface area contributed by atoms with Crippen LogP contribution in [0.15, 0.2) is 60.0 Å². The van der Waals surface area contributed by atoms with Gasteiger partial charge in [-0.15, -0.1) is 0 Å². The monoisotopic (exact) mass is 617 g/mol. The van der Waals surface area contributed by atoms with E-state index in [1.807, 2.05) is 26.0 Å². The number of aryl methyl sites for hydroxylation is 1. The lowest BCUT2D eigenvalue weighted by Crippen LogP contribution is -2.27. The van der Waals surface area contributed by atoms with Crippen molar-refractivity contribution in [3.05, 3.63) is 82.1 Å². The highest BCUT2D eigenvalue weighted by molar-refractivity contribution is 6.31. The Balaban J connectivity index is 1.44. The summed E-state index contributed by atoms with van der Waals surface area (Å²) in [5, 5.41) is 15.2. The maximum atomic E-state index is 15.5. The summed E-state index contributed by atoms with van der Waals surface area (Å²) < 4.78 is 25.5. The Bertz CT molecular complexity index is 1920. The van der Waals surface area contributed by atoms with Crippen LogP contribution in [0.25, 0.3) is 28.2 Å². The molecule has 0 saturated carbocycles. The predicted octanol–water partition coefficient (Wildman–Crippen LogP) is 4.83. The van der Waals surface area contributed by atoms with Gasteiger partial charge >= 0.3 is 0 Å². The average molecular weight is 618 g/mol. The molecule has 0 radical (unpaired) electrons. The average Bonchev–Trinajstić information content (AvgIpc) is 3.62. The number of hydrogen-bond donors (Lipinski definition) is 1. The minimum Gasteiger partial charge on any atom is -0.476 e. The van der Waals surface area contributed by atoms with Gasteiger partial charge in [0.1, 0.15) is 0 Å². The van der Waals surface area contributed by atoms with Crippen LogP contribution in [0.2, 0.25) is 5.02 Å². The van der Waals surface area contributed by atoms with E-state index in [1.54, 1.807) is 30.2 Å². The van der Waals surface area contributed by atoms with Gasteiger partial charge in [0.2, 0.25) is 5.91 Å². The second-order valence-corrected chi connectivity index (χ2v) is 11.0. The van der Waals surface area contributed by atoms with Gasteiger partial charge in [-0.2, -0.15) is 5.10 Å². The van der Waals surface area contributed by atoms with Gasteiger partial charge in [0, 0.05) is 30.8 Å². The van der Waals surface area contributed by atoms with Crippen LogP contribution in [-0.4, -0.2) is 51.8 Å². The zero-order valence-electron chi connectivity index (χ0n) is 24.2. The van der Waals surface area contributed by atoms with Crippen LogP contribution in [0, 0.1) is 11.7 Å². The quantitative estimate of drug-likeness (QED) is 0.296. The molecule has 1 N–H and O–H groups in total. The SMILES string of the molecule is CCOc1cn(-c2ccc(Cl)c(F)c2-c2cc(=O)n([C@H]3CCC[C@@H](C)C(=O)Nc4cnn(C)c4-c4ccnc3c4)cn2)nn1. The number of halogens is 2. The standard InChI is InChI=1S/C30H29ClFN9O3/c1-4-44-25-15-41(38-37-25)24-9-8-19(31)28(32)27(24)21-13-26(42)40(16-34-21)23-7-5-6-17(2)30(43)36-22-14-35-39(3)29(22)18-10-11-33-20(23)12-18/h8-17,23H,4-7H2,1-3H3,(H,36,43)/t17-,23+/m1/s1. The summed E-state index contributed by atoms with van der Waals surface area (Å²) in [7, 11) is 1.80. The van der Waals surface area contributed by atoms with Crippen molar-refractivity contribution in [3.8, 4) is 34.1 Å². The van der Waals surface area contributed by atoms with Crippen LogP contribution in [0.3, 0.4) is 0 Å². The summed E-state index contributed by atoms with van der Waals surface area (Å²) in [6, 6.07) is 7.47. The van der Waals surface area contributed by atoms with E-state index in [-0.39, 0.29) is 39.7 Å².